The molecule has 1 N–H and O–H groups in total. The molecule has 4 heteroatoms. The number of hydrogen-bond donors (Lipinski definition) is 1. The highest BCUT2D eigenvalue weighted by molar-refractivity contribution is 5.72. The predicted octanol–water partition coefficient (Wildman–Crippen LogP) is -0.299. The average molecular weight is 160 g/mol. The maximum Gasteiger partial charge on any atom is 0.306 e. The minimum atomic E-state index is -0.758. The highest BCUT2D eigenvalue weighted by Gasteiger charge is 2.39. The van der Waals surface area contributed by atoms with Gasteiger partial charge in [-0.05, 0) is 0 Å². The van der Waals surface area contributed by atoms with E-state index in [1.54, 1.807) is 0 Å². The van der Waals surface area contributed by atoms with E-state index in [-0.39, 0.29) is 19.2 Å². The van der Waals surface area contributed by atoms with Gasteiger partial charge in [0.05, 0.1) is 13.2 Å². The summed E-state index contributed by atoms with van der Waals surface area (Å²) >= 11 is 0. The van der Waals surface area contributed by atoms with Gasteiger partial charge >= 0.3 is 5.97 Å². The Morgan fingerprint density at radius 1 is 1.82 bits per heavy atom. The van der Waals surface area contributed by atoms with Gasteiger partial charge in [-0.25, -0.2) is 0 Å². The summed E-state index contributed by atoms with van der Waals surface area (Å²) < 4.78 is 9.76. The first-order chi connectivity index (χ1) is 5.22. The summed E-state index contributed by atoms with van der Waals surface area (Å²) in [5.41, 5.74) is -0.758. The third kappa shape index (κ3) is 1.70. The Labute approximate surface area is 65.1 Å². The van der Waals surface area contributed by atoms with Crippen LogP contribution in [0.5, 0.6) is 0 Å². The van der Waals surface area contributed by atoms with Crippen LogP contribution < -0.4 is 0 Å². The highest BCUT2D eigenvalue weighted by Crippen LogP contribution is 2.26. The zero-order chi connectivity index (χ0) is 8.32. The van der Waals surface area contributed by atoms with Gasteiger partial charge in [0.15, 0.2) is 5.60 Å². The Bertz CT molecular complexity index is 157. The van der Waals surface area contributed by atoms with Crippen molar-refractivity contribution in [2.45, 2.75) is 18.4 Å². The summed E-state index contributed by atoms with van der Waals surface area (Å²) in [5, 5.41) is 8.91. The van der Waals surface area contributed by atoms with E-state index in [0.29, 0.717) is 12.8 Å². The van der Waals surface area contributed by atoms with Crippen LogP contribution in [-0.4, -0.2) is 37.0 Å². The van der Waals surface area contributed by atoms with Gasteiger partial charge in [-0.2, -0.15) is 0 Å². The quantitative estimate of drug-likeness (QED) is 0.576. The first-order valence-electron chi connectivity index (χ1n) is 3.54. The molecule has 1 saturated heterocycles. The summed E-state index contributed by atoms with van der Waals surface area (Å²) in [6, 6.07) is 0. The summed E-state index contributed by atoms with van der Waals surface area (Å²) in [7, 11) is 1.52. The number of ether oxygens (including phenoxy) is 2. The van der Waals surface area contributed by atoms with E-state index in [1.807, 2.05) is 0 Å². The van der Waals surface area contributed by atoms with Crippen LogP contribution >= 0.6 is 0 Å². The SMILES string of the molecule is COCC1(CO)CCC(=O)O1. The number of esters is 1. The van der Waals surface area contributed by atoms with Crippen LogP contribution in [0.25, 0.3) is 0 Å². The first kappa shape index (κ1) is 8.49. The lowest BCUT2D eigenvalue weighted by Crippen LogP contribution is -2.37. The van der Waals surface area contributed by atoms with E-state index >= 15 is 0 Å². The Morgan fingerprint density at radius 2 is 2.55 bits per heavy atom. The van der Waals surface area contributed by atoms with Crippen molar-refractivity contribution in [2.24, 2.45) is 0 Å². The first-order valence-corrected chi connectivity index (χ1v) is 3.54. The molecule has 0 aromatic carbocycles. The monoisotopic (exact) mass is 160 g/mol. The van der Waals surface area contributed by atoms with E-state index in [9.17, 15) is 4.79 Å². The minimum Gasteiger partial charge on any atom is -0.454 e. The Balaban J connectivity index is 2.54. The van der Waals surface area contributed by atoms with Crippen LogP contribution in [-0.2, 0) is 14.3 Å². The second kappa shape index (κ2) is 3.19. The van der Waals surface area contributed by atoms with Gasteiger partial charge in [-0.1, -0.05) is 0 Å². The third-order valence-electron chi connectivity index (χ3n) is 1.81. The number of aliphatic hydroxyl groups is 1. The number of cyclic esters (lactones) is 1. The fourth-order valence-corrected chi connectivity index (χ4v) is 1.20. The molecule has 1 fully saturated rings. The van der Waals surface area contributed by atoms with Crippen LogP contribution in [0, 0.1) is 0 Å². The highest BCUT2D eigenvalue weighted by atomic mass is 16.6. The minimum absolute atomic E-state index is 0.160. The molecular formula is C7H12O4. The topological polar surface area (TPSA) is 55.8 Å². The molecule has 1 aliphatic heterocycles. The van der Waals surface area contributed by atoms with E-state index in [2.05, 4.69) is 0 Å². The van der Waals surface area contributed by atoms with Crippen molar-refractivity contribution in [1.29, 1.82) is 0 Å². The maximum absolute atomic E-state index is 10.7. The fourth-order valence-electron chi connectivity index (χ4n) is 1.20. The molecule has 0 amide bonds. The van der Waals surface area contributed by atoms with Crippen molar-refractivity contribution >= 4 is 5.97 Å². The molecule has 0 aromatic rings. The molecular weight excluding hydrogens is 148 g/mol. The lowest BCUT2D eigenvalue weighted by molar-refractivity contribution is -0.156. The van der Waals surface area contributed by atoms with Gasteiger partial charge < -0.3 is 14.6 Å². The molecule has 4 nitrogen and oxygen atoms in total. The number of hydrogen-bond acceptors (Lipinski definition) is 4. The molecule has 1 atom stereocenters. The van der Waals surface area contributed by atoms with Gasteiger partial charge in [-0.3, -0.25) is 4.79 Å². The number of carbonyl (C=O) groups excluding carboxylic acids is 1. The van der Waals surface area contributed by atoms with E-state index in [4.69, 9.17) is 14.6 Å². The van der Waals surface area contributed by atoms with Crippen LogP contribution in [0.1, 0.15) is 12.8 Å². The van der Waals surface area contributed by atoms with E-state index in [0.717, 1.165) is 0 Å². The zero-order valence-corrected chi connectivity index (χ0v) is 6.50. The average Bonchev–Trinajstić information content (AvgIpc) is 2.34. The van der Waals surface area contributed by atoms with Crippen LogP contribution in [0.4, 0.5) is 0 Å². The maximum atomic E-state index is 10.7. The van der Waals surface area contributed by atoms with Crippen LogP contribution in [0.2, 0.25) is 0 Å². The molecule has 0 radical (unpaired) electrons. The van der Waals surface area contributed by atoms with Crippen molar-refractivity contribution in [2.75, 3.05) is 20.3 Å². The molecule has 1 aliphatic rings. The summed E-state index contributed by atoms with van der Waals surface area (Å²) in [6.07, 6.45) is 0.931. The van der Waals surface area contributed by atoms with Crippen molar-refractivity contribution in [1.82, 2.24) is 0 Å². The predicted molar refractivity (Wildman–Crippen MR) is 37.0 cm³/mol. The lowest BCUT2D eigenvalue weighted by atomic mass is 10.0. The van der Waals surface area contributed by atoms with Gasteiger partial charge in [0.2, 0.25) is 0 Å². The molecule has 1 unspecified atom stereocenters. The number of rotatable bonds is 3. The second-order valence-electron chi connectivity index (χ2n) is 2.75. The number of aliphatic hydroxyl groups excluding tert-OH is 1. The molecule has 0 aliphatic carbocycles. The van der Waals surface area contributed by atoms with Crippen molar-refractivity contribution < 1.29 is 19.4 Å². The third-order valence-corrected chi connectivity index (χ3v) is 1.81. The molecule has 0 aromatic heterocycles. The lowest BCUT2D eigenvalue weighted by Gasteiger charge is -2.23. The van der Waals surface area contributed by atoms with E-state index in [1.165, 1.54) is 7.11 Å². The summed E-state index contributed by atoms with van der Waals surface area (Å²) in [4.78, 5) is 10.7. The standard InChI is InChI=1S/C7H12O4/c1-10-5-7(4-8)3-2-6(9)11-7/h8H,2-5H2,1H3. The van der Waals surface area contributed by atoms with Crippen LogP contribution in [0.3, 0.4) is 0 Å². The van der Waals surface area contributed by atoms with Gasteiger partial charge in [-0.15, -0.1) is 0 Å². The van der Waals surface area contributed by atoms with E-state index < -0.39 is 5.60 Å². The molecule has 0 spiro atoms. The summed E-state index contributed by atoms with van der Waals surface area (Å²) in [5.74, 6) is -0.254. The normalized spacial score (nSPS) is 30.5. The number of methoxy groups -OCH3 is 1. The second-order valence-corrected chi connectivity index (χ2v) is 2.75. The Morgan fingerprint density at radius 3 is 2.91 bits per heavy atom. The molecule has 11 heavy (non-hydrogen) atoms. The van der Waals surface area contributed by atoms with Crippen LogP contribution in [0.15, 0.2) is 0 Å². The summed E-state index contributed by atoms with van der Waals surface area (Å²) in [6.45, 7) is 0.113. The largest absolute Gasteiger partial charge is 0.454 e. The Kier molecular flexibility index (Phi) is 2.46. The fraction of sp³-hybridized carbons (Fsp3) is 0.857. The van der Waals surface area contributed by atoms with Gasteiger partial charge in [0.1, 0.15) is 0 Å². The van der Waals surface area contributed by atoms with Gasteiger partial charge in [0.25, 0.3) is 0 Å². The molecule has 1 rings (SSSR count). The molecule has 0 saturated carbocycles. The molecule has 1 heterocycles. The van der Waals surface area contributed by atoms with Gasteiger partial charge in [0, 0.05) is 20.0 Å². The number of carbonyl (C=O) groups is 1. The smallest absolute Gasteiger partial charge is 0.306 e. The van der Waals surface area contributed by atoms with Crippen molar-refractivity contribution in [3.05, 3.63) is 0 Å². The van der Waals surface area contributed by atoms with Crippen molar-refractivity contribution in [3.63, 3.8) is 0 Å². The molecule has 0 bridgehead atoms. The zero-order valence-electron chi connectivity index (χ0n) is 6.50. The Hall–Kier alpha value is -0.610. The molecule has 64 valence electrons. The van der Waals surface area contributed by atoms with Crippen molar-refractivity contribution in [3.8, 4) is 0 Å².